The number of carbonyl (C=O) groups is 1. The first-order valence-corrected chi connectivity index (χ1v) is 11.2. The van der Waals surface area contributed by atoms with Crippen LogP contribution in [-0.2, 0) is 9.53 Å². The van der Waals surface area contributed by atoms with Gasteiger partial charge in [-0.25, -0.2) is 15.0 Å². The fraction of sp³-hybridized carbons (Fsp3) is 0.517. The summed E-state index contributed by atoms with van der Waals surface area (Å²) < 4.78 is 10.8. The molecule has 0 aliphatic heterocycles. The summed E-state index contributed by atoms with van der Waals surface area (Å²) >= 11 is 1.58. The zero-order valence-electron chi connectivity index (χ0n) is 19.2. The van der Waals surface area contributed by atoms with Gasteiger partial charge < -0.3 is 9.47 Å². The second kappa shape index (κ2) is 18.5. The summed E-state index contributed by atoms with van der Waals surface area (Å²) in [5.74, 6) is 0.392. The van der Waals surface area contributed by atoms with Crippen LogP contribution in [0.4, 0.5) is 0 Å². The molecule has 3 rings (SSSR count). The van der Waals surface area contributed by atoms with Crippen molar-refractivity contribution in [2.24, 2.45) is 5.92 Å². The van der Waals surface area contributed by atoms with Gasteiger partial charge >= 0.3 is 5.97 Å². The molecule has 7 heteroatoms. The maximum absolute atomic E-state index is 10.9. The first-order valence-electron chi connectivity index (χ1n) is 10.3. The van der Waals surface area contributed by atoms with Crippen LogP contribution in [0, 0.1) is 5.92 Å². The zero-order chi connectivity index (χ0) is 23.0. The second-order valence-electron chi connectivity index (χ2n) is 8.46. The van der Waals surface area contributed by atoms with Gasteiger partial charge in [0, 0.05) is 11.6 Å². The van der Waals surface area contributed by atoms with Crippen molar-refractivity contribution in [3.05, 3.63) is 46.5 Å². The number of esters is 1. The van der Waals surface area contributed by atoms with E-state index in [2.05, 4.69) is 15.0 Å². The van der Waals surface area contributed by atoms with E-state index in [0.717, 1.165) is 21.7 Å². The predicted molar refractivity (Wildman–Crippen MR) is 161 cm³/mol. The van der Waals surface area contributed by atoms with Crippen molar-refractivity contribution in [2.45, 2.75) is 97.3 Å². The molecule has 1 aromatic carbocycles. The minimum absolute atomic E-state index is 0. The highest BCUT2D eigenvalue weighted by Crippen LogP contribution is 2.22. The van der Waals surface area contributed by atoms with Crippen molar-refractivity contribution in [1.82, 2.24) is 15.0 Å². The maximum Gasteiger partial charge on any atom is 0.308 e. The Balaban J connectivity index is -0.000000301. The minimum Gasteiger partial charge on any atom is -0.473 e. The van der Waals surface area contributed by atoms with E-state index in [0.29, 0.717) is 5.88 Å². The smallest absolute Gasteiger partial charge is 0.308 e. The van der Waals surface area contributed by atoms with Crippen molar-refractivity contribution in [2.75, 3.05) is 0 Å². The summed E-state index contributed by atoms with van der Waals surface area (Å²) in [5, 5.41) is 2.87. The fourth-order valence-corrected chi connectivity index (χ4v) is 2.83. The number of hydrogen-bond acceptors (Lipinski definition) is 7. The van der Waals surface area contributed by atoms with Gasteiger partial charge in [0.05, 0.1) is 23.1 Å². The average molecular weight is 522 g/mol. The van der Waals surface area contributed by atoms with E-state index in [1.165, 1.54) is 0 Å². The number of thiazole rings is 1. The topological polar surface area (TPSA) is 74.2 Å². The first kappa shape index (κ1) is 40.4. The van der Waals surface area contributed by atoms with Crippen molar-refractivity contribution in [3.8, 4) is 5.88 Å². The lowest BCUT2D eigenvalue weighted by Gasteiger charge is -2.20. The van der Waals surface area contributed by atoms with Gasteiger partial charge in [-0.05, 0) is 58.9 Å². The van der Waals surface area contributed by atoms with Crippen LogP contribution in [-0.4, -0.2) is 32.6 Å². The Morgan fingerprint density at radius 3 is 1.89 bits per heavy atom. The number of para-hydroxylation sites is 2. The van der Waals surface area contributed by atoms with Gasteiger partial charge in [-0.1, -0.05) is 63.1 Å². The van der Waals surface area contributed by atoms with Crippen molar-refractivity contribution < 1.29 is 14.3 Å². The number of fused-ring (bicyclic) bond motifs is 1. The van der Waals surface area contributed by atoms with Crippen molar-refractivity contribution in [3.63, 3.8) is 0 Å². The van der Waals surface area contributed by atoms with E-state index >= 15 is 0 Å². The van der Waals surface area contributed by atoms with Crippen LogP contribution in [0.5, 0.6) is 5.88 Å². The number of nitrogens with zero attached hydrogens (tertiary/aromatic N) is 3. The Bertz CT molecular complexity index is 1010. The molecule has 0 aliphatic rings. The largest absolute Gasteiger partial charge is 0.473 e. The van der Waals surface area contributed by atoms with Crippen LogP contribution < -0.4 is 4.74 Å². The highest BCUT2D eigenvalue weighted by molar-refractivity contribution is 7.10. The average Bonchev–Trinajstić information content (AvgIpc) is 3.18. The molecule has 0 N–H and O–H groups in total. The van der Waals surface area contributed by atoms with E-state index in [9.17, 15) is 4.79 Å². The van der Waals surface area contributed by atoms with Crippen molar-refractivity contribution in [1.29, 1.82) is 0 Å². The van der Waals surface area contributed by atoms with Gasteiger partial charge in [0.1, 0.15) is 16.3 Å². The normalized spacial score (nSPS) is 10.0. The van der Waals surface area contributed by atoms with Gasteiger partial charge in [-0.15, -0.1) is 11.3 Å². The van der Waals surface area contributed by atoms with E-state index in [1.54, 1.807) is 17.5 Å². The number of rotatable bonds is 5. The maximum atomic E-state index is 10.9. The van der Waals surface area contributed by atoms with Gasteiger partial charge in [-0.2, -0.15) is 0 Å². The van der Waals surface area contributed by atoms with E-state index in [4.69, 9.17) is 9.47 Å². The predicted octanol–water partition coefficient (Wildman–Crippen LogP) is 9.21. The zero-order valence-corrected chi connectivity index (χ0v) is 20.1. The summed E-state index contributed by atoms with van der Waals surface area (Å²) in [4.78, 5) is 24.4. The summed E-state index contributed by atoms with van der Waals surface area (Å²) in [6, 6.07) is 7.78. The molecule has 0 aliphatic carbocycles. The fourth-order valence-electron chi connectivity index (χ4n) is 2.30. The lowest BCUT2D eigenvalue weighted by atomic mass is 10.1. The van der Waals surface area contributed by atoms with Gasteiger partial charge in [0.25, 0.3) is 0 Å². The molecular formula is C29H51N3O3S. The van der Waals surface area contributed by atoms with Crippen LogP contribution in [0.2, 0.25) is 0 Å². The summed E-state index contributed by atoms with van der Waals surface area (Å²) in [7, 11) is 0. The Morgan fingerprint density at radius 1 is 0.917 bits per heavy atom. The third-order valence-corrected chi connectivity index (χ3v) is 4.37. The van der Waals surface area contributed by atoms with Crippen LogP contribution >= 0.6 is 11.3 Å². The summed E-state index contributed by atoms with van der Waals surface area (Å²) in [6.45, 7) is 13.2. The minimum atomic E-state index is -0.346. The molecule has 36 heavy (non-hydrogen) atoms. The number of carbonyl (C=O) groups excluding carboxylic acids is 1. The highest BCUT2D eigenvalue weighted by Gasteiger charge is 2.18. The second-order valence-corrected chi connectivity index (χ2v) is 9.39. The molecule has 0 amide bonds. The summed E-state index contributed by atoms with van der Waals surface area (Å²) in [6.07, 6.45) is 5.65. The molecule has 0 radical (unpaired) electrons. The number of benzene rings is 1. The van der Waals surface area contributed by atoms with Crippen LogP contribution in [0.1, 0.15) is 96.3 Å². The SMILES string of the molecule is C.C.C.C.C.CC(C)C(=O)OC(C)(C)C.CC(C)Oc1nc2ccccc2nc1/C=C/c1nccs1. The molecule has 3 aromatic rings. The number of aromatic nitrogens is 3. The van der Waals surface area contributed by atoms with Crippen molar-refractivity contribution >= 4 is 40.5 Å². The third kappa shape index (κ3) is 13.9. The molecule has 206 valence electrons. The molecule has 6 nitrogen and oxygen atoms in total. The molecule has 0 spiro atoms. The van der Waals surface area contributed by atoms with E-state index < -0.39 is 0 Å². The Morgan fingerprint density at radius 2 is 1.47 bits per heavy atom. The van der Waals surface area contributed by atoms with Gasteiger partial charge in [0.15, 0.2) is 0 Å². The third-order valence-electron chi connectivity index (χ3n) is 3.62. The first-order chi connectivity index (χ1) is 14.5. The monoisotopic (exact) mass is 521 g/mol. The van der Waals surface area contributed by atoms with Crippen LogP contribution in [0.3, 0.4) is 0 Å². The van der Waals surface area contributed by atoms with Gasteiger partial charge in [0.2, 0.25) is 5.88 Å². The lowest BCUT2D eigenvalue weighted by Crippen LogP contribution is -2.26. The van der Waals surface area contributed by atoms with Crippen LogP contribution in [0.25, 0.3) is 23.2 Å². The molecule has 0 unspecified atom stereocenters. The lowest BCUT2D eigenvalue weighted by molar-refractivity contribution is -0.158. The van der Waals surface area contributed by atoms with E-state index in [1.807, 2.05) is 90.3 Å². The molecule has 0 saturated heterocycles. The molecule has 0 atom stereocenters. The Hall–Kier alpha value is -2.80. The molecule has 0 saturated carbocycles. The standard InChI is InChI=1S/C16H15N3OS.C8H16O2.5CH4/c1-11(2)20-16-14(7-8-15-17-9-10-21-15)18-12-5-3-4-6-13(12)19-16;1-6(2)7(9)10-8(3,4)5;;;;;/h3-11H,1-2H3;6H,1-5H3;5*1H4/b8-7+;;;;;;. The molecular weight excluding hydrogens is 470 g/mol. The van der Waals surface area contributed by atoms with E-state index in [-0.39, 0.29) is 60.7 Å². The number of ether oxygens (including phenoxy) is 2. The number of hydrogen-bond donors (Lipinski definition) is 0. The Labute approximate surface area is 225 Å². The molecule has 0 bridgehead atoms. The highest BCUT2D eigenvalue weighted by atomic mass is 32.1. The molecule has 0 fully saturated rings. The van der Waals surface area contributed by atoms with Crippen LogP contribution in [0.15, 0.2) is 35.8 Å². The summed E-state index contributed by atoms with van der Waals surface area (Å²) in [5.41, 5.74) is 2.06. The Kier molecular flexibility index (Phi) is 20.7. The molecule has 2 heterocycles. The quantitative estimate of drug-likeness (QED) is 0.311. The molecule has 2 aromatic heterocycles. The van der Waals surface area contributed by atoms with Gasteiger partial charge in [-0.3, -0.25) is 4.79 Å².